The number of rotatable bonds is 8. The van der Waals surface area contributed by atoms with Gasteiger partial charge in [-0.05, 0) is 38.1 Å². The zero-order valence-electron chi connectivity index (χ0n) is 12.2. The number of hydrogen-bond acceptors (Lipinski definition) is 4. The van der Waals surface area contributed by atoms with Crippen molar-refractivity contribution in [2.24, 2.45) is 0 Å². The molecule has 0 heterocycles. The van der Waals surface area contributed by atoms with Crippen molar-refractivity contribution in [1.29, 1.82) is 0 Å². The molecule has 20 heavy (non-hydrogen) atoms. The van der Waals surface area contributed by atoms with E-state index in [1.807, 2.05) is 13.8 Å². The van der Waals surface area contributed by atoms with E-state index in [9.17, 15) is 9.18 Å². The van der Waals surface area contributed by atoms with E-state index in [0.717, 1.165) is 18.4 Å². The molecule has 0 fully saturated rings. The molecule has 0 spiro atoms. The van der Waals surface area contributed by atoms with Gasteiger partial charge < -0.3 is 14.8 Å². The number of benzene rings is 1. The number of ether oxygens (including phenoxy) is 2. The predicted molar refractivity (Wildman–Crippen MR) is 75.2 cm³/mol. The van der Waals surface area contributed by atoms with Crippen LogP contribution in [0.4, 0.5) is 4.39 Å². The van der Waals surface area contributed by atoms with Crippen LogP contribution in [-0.2, 0) is 9.53 Å². The summed E-state index contributed by atoms with van der Waals surface area (Å²) in [6.07, 6.45) is 1.77. The highest BCUT2D eigenvalue weighted by Crippen LogP contribution is 2.21. The average Bonchev–Trinajstić information content (AvgIpc) is 2.45. The number of carbonyl (C=O) groups excluding carboxylic acids is 1. The molecule has 1 atom stereocenters. The smallest absolute Gasteiger partial charge is 0.344 e. The molecular weight excluding hydrogens is 261 g/mol. The molecule has 0 aliphatic heterocycles. The van der Waals surface area contributed by atoms with Crippen LogP contribution in [-0.4, -0.2) is 26.2 Å². The van der Waals surface area contributed by atoms with Gasteiger partial charge >= 0.3 is 5.97 Å². The monoisotopic (exact) mass is 283 g/mol. The first-order chi connectivity index (χ1) is 9.58. The quantitative estimate of drug-likeness (QED) is 0.588. The van der Waals surface area contributed by atoms with Crippen LogP contribution in [0.15, 0.2) is 18.2 Å². The van der Waals surface area contributed by atoms with Gasteiger partial charge in [0, 0.05) is 6.04 Å². The highest BCUT2D eigenvalue weighted by atomic mass is 19.1. The molecule has 112 valence electrons. The van der Waals surface area contributed by atoms with Crippen LogP contribution in [0.5, 0.6) is 5.75 Å². The Morgan fingerprint density at radius 1 is 1.45 bits per heavy atom. The summed E-state index contributed by atoms with van der Waals surface area (Å²) < 4.78 is 23.9. The zero-order valence-corrected chi connectivity index (χ0v) is 12.2. The van der Waals surface area contributed by atoms with Crippen LogP contribution in [0.25, 0.3) is 0 Å². The van der Waals surface area contributed by atoms with Crippen molar-refractivity contribution in [3.8, 4) is 5.75 Å². The molecule has 1 aromatic carbocycles. The predicted octanol–water partition coefficient (Wildman–Crippen LogP) is 2.83. The summed E-state index contributed by atoms with van der Waals surface area (Å²) in [5.41, 5.74) is 0.822. The number of nitrogens with one attached hydrogen (secondary N) is 1. The van der Waals surface area contributed by atoms with E-state index in [1.54, 1.807) is 13.1 Å². The second-order valence-electron chi connectivity index (χ2n) is 4.56. The van der Waals surface area contributed by atoms with Gasteiger partial charge in [0.15, 0.2) is 18.2 Å². The normalized spacial score (nSPS) is 12.0. The van der Waals surface area contributed by atoms with Crippen molar-refractivity contribution in [1.82, 2.24) is 5.32 Å². The first-order valence-electron chi connectivity index (χ1n) is 6.83. The molecule has 1 aromatic rings. The number of unbranched alkanes of at least 4 members (excludes halogenated alkanes) is 1. The van der Waals surface area contributed by atoms with Crippen LogP contribution >= 0.6 is 0 Å². The number of esters is 1. The lowest BCUT2D eigenvalue weighted by atomic mass is 10.1. The summed E-state index contributed by atoms with van der Waals surface area (Å²) in [6.45, 7) is 4.04. The zero-order chi connectivity index (χ0) is 15.0. The molecule has 0 saturated heterocycles. The standard InChI is InChI=1S/C15H22FNO3/c1-4-5-8-19-15(18)10-20-14-7-6-12(9-13(14)16)11(2)17-3/h6-7,9,11,17H,4-5,8,10H2,1-3H3. The lowest BCUT2D eigenvalue weighted by molar-refractivity contribution is -0.146. The fourth-order valence-electron chi connectivity index (χ4n) is 1.58. The van der Waals surface area contributed by atoms with E-state index in [4.69, 9.17) is 9.47 Å². The summed E-state index contributed by atoms with van der Waals surface area (Å²) in [5, 5.41) is 3.03. The van der Waals surface area contributed by atoms with Gasteiger partial charge in [-0.25, -0.2) is 9.18 Å². The number of halogens is 1. The molecule has 1 N–H and O–H groups in total. The Hall–Kier alpha value is -1.62. The van der Waals surface area contributed by atoms with Crippen LogP contribution < -0.4 is 10.1 Å². The first kappa shape index (κ1) is 16.4. The average molecular weight is 283 g/mol. The van der Waals surface area contributed by atoms with Crippen LogP contribution in [0.1, 0.15) is 38.3 Å². The Labute approximate surface area is 119 Å². The number of hydrogen-bond donors (Lipinski definition) is 1. The molecule has 4 nitrogen and oxygen atoms in total. The molecule has 0 saturated carbocycles. The van der Waals surface area contributed by atoms with Crippen molar-refractivity contribution in [2.75, 3.05) is 20.3 Å². The van der Waals surface area contributed by atoms with Gasteiger partial charge in [0.1, 0.15) is 0 Å². The maximum absolute atomic E-state index is 13.8. The lowest BCUT2D eigenvalue weighted by Gasteiger charge is -2.12. The number of carbonyl (C=O) groups is 1. The SMILES string of the molecule is CCCCOC(=O)COc1ccc(C(C)NC)cc1F. The van der Waals surface area contributed by atoms with E-state index in [0.29, 0.717) is 6.61 Å². The Balaban J connectivity index is 2.50. The van der Waals surface area contributed by atoms with Gasteiger partial charge in [-0.15, -0.1) is 0 Å². The fraction of sp³-hybridized carbons (Fsp3) is 0.533. The summed E-state index contributed by atoms with van der Waals surface area (Å²) in [7, 11) is 1.80. The molecule has 0 aromatic heterocycles. The van der Waals surface area contributed by atoms with Crippen molar-refractivity contribution in [3.05, 3.63) is 29.6 Å². The summed E-state index contributed by atoms with van der Waals surface area (Å²) >= 11 is 0. The second kappa shape index (κ2) is 8.53. The highest BCUT2D eigenvalue weighted by molar-refractivity contribution is 5.71. The molecule has 1 unspecified atom stereocenters. The Bertz CT molecular complexity index is 437. The van der Waals surface area contributed by atoms with E-state index in [-0.39, 0.29) is 18.4 Å². The summed E-state index contributed by atoms with van der Waals surface area (Å²) in [6, 6.07) is 4.75. The largest absolute Gasteiger partial charge is 0.479 e. The van der Waals surface area contributed by atoms with Gasteiger partial charge in [0.05, 0.1) is 6.61 Å². The third kappa shape index (κ3) is 5.17. The highest BCUT2D eigenvalue weighted by Gasteiger charge is 2.10. The summed E-state index contributed by atoms with van der Waals surface area (Å²) in [5.74, 6) is -0.902. The molecular formula is C15H22FNO3. The minimum Gasteiger partial charge on any atom is -0.479 e. The Morgan fingerprint density at radius 2 is 2.20 bits per heavy atom. The van der Waals surface area contributed by atoms with Crippen molar-refractivity contribution in [2.45, 2.75) is 32.7 Å². The van der Waals surface area contributed by atoms with Crippen LogP contribution in [0, 0.1) is 5.82 Å². The maximum atomic E-state index is 13.8. The lowest BCUT2D eigenvalue weighted by Crippen LogP contribution is -2.16. The minimum atomic E-state index is -0.481. The third-order valence-electron chi connectivity index (χ3n) is 3.00. The van der Waals surface area contributed by atoms with E-state index < -0.39 is 11.8 Å². The maximum Gasteiger partial charge on any atom is 0.344 e. The summed E-state index contributed by atoms with van der Waals surface area (Å²) in [4.78, 5) is 11.3. The van der Waals surface area contributed by atoms with E-state index in [1.165, 1.54) is 12.1 Å². The second-order valence-corrected chi connectivity index (χ2v) is 4.56. The van der Waals surface area contributed by atoms with Crippen molar-refractivity contribution in [3.63, 3.8) is 0 Å². The van der Waals surface area contributed by atoms with Crippen molar-refractivity contribution >= 4 is 5.97 Å². The fourth-order valence-corrected chi connectivity index (χ4v) is 1.58. The van der Waals surface area contributed by atoms with Crippen LogP contribution in [0.3, 0.4) is 0 Å². The first-order valence-corrected chi connectivity index (χ1v) is 6.83. The topological polar surface area (TPSA) is 47.6 Å². The molecule has 0 aliphatic rings. The van der Waals surface area contributed by atoms with Crippen LogP contribution in [0.2, 0.25) is 0 Å². The minimum absolute atomic E-state index is 0.0533. The van der Waals surface area contributed by atoms with Gasteiger partial charge in [0.2, 0.25) is 0 Å². The van der Waals surface area contributed by atoms with Gasteiger partial charge in [-0.1, -0.05) is 19.4 Å². The van der Waals surface area contributed by atoms with E-state index >= 15 is 0 Å². The molecule has 0 amide bonds. The third-order valence-corrected chi connectivity index (χ3v) is 3.00. The van der Waals surface area contributed by atoms with Gasteiger partial charge in [-0.2, -0.15) is 0 Å². The molecule has 0 bridgehead atoms. The Morgan fingerprint density at radius 3 is 2.80 bits per heavy atom. The van der Waals surface area contributed by atoms with Gasteiger partial charge in [-0.3, -0.25) is 0 Å². The van der Waals surface area contributed by atoms with Gasteiger partial charge in [0.25, 0.3) is 0 Å². The Kier molecular flexibility index (Phi) is 7.01. The molecule has 1 rings (SSSR count). The molecule has 0 aliphatic carbocycles. The van der Waals surface area contributed by atoms with E-state index in [2.05, 4.69) is 5.32 Å². The molecule has 5 heteroatoms. The van der Waals surface area contributed by atoms with Crippen molar-refractivity contribution < 1.29 is 18.7 Å². The molecule has 0 radical (unpaired) electrons.